The number of rotatable bonds is 2. The summed E-state index contributed by atoms with van der Waals surface area (Å²) in [4.78, 5) is 13.4. The highest BCUT2D eigenvalue weighted by Gasteiger charge is 2.23. The molecule has 0 saturated heterocycles. The molecule has 0 bridgehead atoms. The Hall–Kier alpha value is -1.59. The van der Waals surface area contributed by atoms with Gasteiger partial charge in [0.1, 0.15) is 11.4 Å². The molecule has 1 aliphatic rings. The van der Waals surface area contributed by atoms with E-state index in [2.05, 4.69) is 14.8 Å². The summed E-state index contributed by atoms with van der Waals surface area (Å²) >= 11 is 0. The zero-order chi connectivity index (χ0) is 13.3. The van der Waals surface area contributed by atoms with Crippen molar-refractivity contribution in [3.05, 3.63) is 11.6 Å². The number of carbonyl (C=O) groups is 1. The van der Waals surface area contributed by atoms with E-state index >= 15 is 0 Å². The average Bonchev–Trinajstić information content (AvgIpc) is 2.80. The van der Waals surface area contributed by atoms with E-state index in [1.54, 1.807) is 7.05 Å². The number of fused-ring (bicyclic) bond motifs is 1. The zero-order valence-electron chi connectivity index (χ0n) is 11.4. The van der Waals surface area contributed by atoms with Crippen LogP contribution >= 0.6 is 0 Å². The fourth-order valence-corrected chi connectivity index (χ4v) is 1.94. The van der Waals surface area contributed by atoms with Crippen LogP contribution in [0, 0.1) is 0 Å². The lowest BCUT2D eigenvalue weighted by molar-refractivity contribution is 0.0279. The minimum atomic E-state index is -0.474. The third-order valence-electron chi connectivity index (χ3n) is 2.77. The maximum absolute atomic E-state index is 11.8. The second-order valence-corrected chi connectivity index (χ2v) is 5.62. The molecule has 0 N–H and O–H groups in total. The van der Waals surface area contributed by atoms with Crippen molar-refractivity contribution >= 4 is 6.09 Å². The maximum Gasteiger partial charge on any atom is 0.410 e. The lowest BCUT2D eigenvalue weighted by Crippen LogP contribution is -2.34. The van der Waals surface area contributed by atoms with Crippen LogP contribution in [0.5, 0.6) is 0 Å². The van der Waals surface area contributed by atoms with Gasteiger partial charge < -0.3 is 14.2 Å². The number of amides is 1. The van der Waals surface area contributed by atoms with Crippen LogP contribution in [-0.4, -0.2) is 38.4 Å². The van der Waals surface area contributed by atoms with Crippen LogP contribution in [0.1, 0.15) is 38.8 Å². The number of aromatic nitrogens is 3. The Balaban J connectivity index is 1.98. The Morgan fingerprint density at radius 1 is 1.44 bits per heavy atom. The summed E-state index contributed by atoms with van der Waals surface area (Å²) < 4.78 is 7.38. The van der Waals surface area contributed by atoms with E-state index in [1.807, 2.05) is 20.8 Å². The maximum atomic E-state index is 11.8. The molecule has 1 aromatic rings. The summed E-state index contributed by atoms with van der Waals surface area (Å²) in [7, 11) is 1.71. The molecule has 2 heterocycles. The quantitative estimate of drug-likeness (QED) is 0.802. The third kappa shape index (κ3) is 2.80. The Labute approximate surface area is 107 Å². The summed E-state index contributed by atoms with van der Waals surface area (Å²) in [5.41, 5.74) is -0.474. The predicted molar refractivity (Wildman–Crippen MR) is 66.0 cm³/mol. The normalized spacial score (nSPS) is 14.4. The molecule has 1 amide bonds. The Bertz CT molecular complexity index is 447. The van der Waals surface area contributed by atoms with E-state index in [1.165, 1.54) is 4.90 Å². The van der Waals surface area contributed by atoms with Crippen molar-refractivity contribution in [3.8, 4) is 0 Å². The average molecular weight is 252 g/mol. The van der Waals surface area contributed by atoms with Crippen molar-refractivity contribution < 1.29 is 9.53 Å². The summed E-state index contributed by atoms with van der Waals surface area (Å²) in [5, 5.41) is 8.24. The van der Waals surface area contributed by atoms with Gasteiger partial charge in [0.2, 0.25) is 0 Å². The number of carbonyl (C=O) groups excluding carboxylic acids is 1. The fourth-order valence-electron chi connectivity index (χ4n) is 1.94. The van der Waals surface area contributed by atoms with Crippen LogP contribution < -0.4 is 0 Å². The molecular weight excluding hydrogens is 232 g/mol. The molecule has 0 aromatic carbocycles. The van der Waals surface area contributed by atoms with Crippen LogP contribution in [0.2, 0.25) is 0 Å². The zero-order valence-corrected chi connectivity index (χ0v) is 11.4. The fraction of sp³-hybridized carbons (Fsp3) is 0.750. The van der Waals surface area contributed by atoms with Crippen LogP contribution in [0.15, 0.2) is 0 Å². The Kier molecular flexibility index (Phi) is 3.28. The van der Waals surface area contributed by atoms with Crippen LogP contribution in [-0.2, 0) is 24.2 Å². The summed E-state index contributed by atoms with van der Waals surface area (Å²) in [6, 6.07) is 0. The van der Waals surface area contributed by atoms with E-state index in [9.17, 15) is 4.79 Å². The smallest absolute Gasteiger partial charge is 0.410 e. The van der Waals surface area contributed by atoms with E-state index in [-0.39, 0.29) is 6.09 Å². The molecule has 1 aromatic heterocycles. The van der Waals surface area contributed by atoms with Gasteiger partial charge in [0.05, 0.1) is 6.54 Å². The highest BCUT2D eigenvalue weighted by atomic mass is 16.6. The first-order chi connectivity index (χ1) is 8.37. The van der Waals surface area contributed by atoms with Gasteiger partial charge in [0.15, 0.2) is 5.82 Å². The van der Waals surface area contributed by atoms with Gasteiger partial charge in [-0.1, -0.05) is 0 Å². The highest BCUT2D eigenvalue weighted by molar-refractivity contribution is 5.67. The first-order valence-electron chi connectivity index (χ1n) is 6.22. The summed E-state index contributed by atoms with van der Waals surface area (Å²) in [6.45, 7) is 6.94. The molecule has 2 rings (SSSR count). The molecule has 6 heteroatoms. The Morgan fingerprint density at radius 2 is 2.17 bits per heavy atom. The van der Waals surface area contributed by atoms with Gasteiger partial charge >= 0.3 is 6.09 Å². The van der Waals surface area contributed by atoms with E-state index in [0.29, 0.717) is 6.54 Å². The van der Waals surface area contributed by atoms with Crippen LogP contribution in [0.25, 0.3) is 0 Å². The van der Waals surface area contributed by atoms with Gasteiger partial charge in [-0.2, -0.15) is 0 Å². The van der Waals surface area contributed by atoms with E-state index in [4.69, 9.17) is 4.74 Å². The largest absolute Gasteiger partial charge is 0.444 e. The van der Waals surface area contributed by atoms with E-state index in [0.717, 1.165) is 31.0 Å². The number of hydrogen-bond donors (Lipinski definition) is 0. The van der Waals surface area contributed by atoms with Gasteiger partial charge in [-0.25, -0.2) is 4.79 Å². The molecule has 0 saturated carbocycles. The topological polar surface area (TPSA) is 60.2 Å². The van der Waals surface area contributed by atoms with E-state index < -0.39 is 5.60 Å². The van der Waals surface area contributed by atoms with Crippen molar-refractivity contribution in [1.82, 2.24) is 19.7 Å². The third-order valence-corrected chi connectivity index (χ3v) is 2.77. The first kappa shape index (κ1) is 12.9. The molecule has 1 aliphatic heterocycles. The predicted octanol–water partition coefficient (Wildman–Crippen LogP) is 1.59. The molecule has 100 valence electrons. The summed E-state index contributed by atoms with van der Waals surface area (Å²) in [6.07, 6.45) is 1.75. The van der Waals surface area contributed by atoms with Crippen molar-refractivity contribution in [3.63, 3.8) is 0 Å². The molecule has 0 aliphatic carbocycles. The second kappa shape index (κ2) is 4.59. The molecule has 0 spiro atoms. The van der Waals surface area contributed by atoms with Gasteiger partial charge in [-0.15, -0.1) is 10.2 Å². The first-order valence-corrected chi connectivity index (χ1v) is 6.22. The van der Waals surface area contributed by atoms with Crippen molar-refractivity contribution in [1.29, 1.82) is 0 Å². The SMILES string of the molecule is CN(Cc1nnc2n1CCC2)C(=O)OC(C)(C)C. The minimum Gasteiger partial charge on any atom is -0.444 e. The molecule has 0 fully saturated rings. The lowest BCUT2D eigenvalue weighted by Gasteiger charge is -2.24. The van der Waals surface area contributed by atoms with Crippen molar-refractivity contribution in [2.75, 3.05) is 7.05 Å². The van der Waals surface area contributed by atoms with Crippen LogP contribution in [0.4, 0.5) is 4.79 Å². The molecule has 6 nitrogen and oxygen atoms in total. The highest BCUT2D eigenvalue weighted by Crippen LogP contribution is 2.16. The molecule has 0 radical (unpaired) electrons. The minimum absolute atomic E-state index is 0.335. The monoisotopic (exact) mass is 252 g/mol. The molecular formula is C12H20N4O2. The number of aryl methyl sites for hydroxylation is 1. The van der Waals surface area contributed by atoms with Gasteiger partial charge in [0, 0.05) is 20.0 Å². The molecule has 18 heavy (non-hydrogen) atoms. The molecule has 0 unspecified atom stereocenters. The second-order valence-electron chi connectivity index (χ2n) is 5.62. The van der Waals surface area contributed by atoms with Gasteiger partial charge in [-0.3, -0.25) is 0 Å². The number of hydrogen-bond acceptors (Lipinski definition) is 4. The van der Waals surface area contributed by atoms with Crippen molar-refractivity contribution in [2.45, 2.75) is 52.3 Å². The molecule has 0 atom stereocenters. The lowest BCUT2D eigenvalue weighted by atomic mass is 10.2. The number of ether oxygens (including phenoxy) is 1. The Morgan fingerprint density at radius 3 is 2.83 bits per heavy atom. The summed E-state index contributed by atoms with van der Waals surface area (Å²) in [5.74, 6) is 1.85. The van der Waals surface area contributed by atoms with Gasteiger partial charge in [0.25, 0.3) is 0 Å². The van der Waals surface area contributed by atoms with Crippen LogP contribution in [0.3, 0.4) is 0 Å². The van der Waals surface area contributed by atoms with Gasteiger partial charge in [-0.05, 0) is 27.2 Å². The van der Waals surface area contributed by atoms with Crippen molar-refractivity contribution in [2.24, 2.45) is 0 Å². The standard InChI is InChI=1S/C12H20N4O2/c1-12(2,3)18-11(17)15(4)8-10-14-13-9-6-5-7-16(9)10/h5-8H2,1-4H3. The number of nitrogens with zero attached hydrogens (tertiary/aromatic N) is 4.